The summed E-state index contributed by atoms with van der Waals surface area (Å²) in [7, 11) is 0. The Balaban J connectivity index is 2.41. The molecule has 0 radical (unpaired) electrons. The third-order valence-electron chi connectivity index (χ3n) is 2.30. The van der Waals surface area contributed by atoms with Crippen molar-refractivity contribution < 1.29 is 9.50 Å². The lowest BCUT2D eigenvalue weighted by molar-refractivity contribution is 0.363. The molecule has 1 aliphatic rings. The van der Waals surface area contributed by atoms with Gasteiger partial charge < -0.3 is 10.4 Å². The second-order valence-corrected chi connectivity index (χ2v) is 3.47. The molecular weight excluding hydrogens is 193 g/mol. The minimum absolute atomic E-state index is 0.123. The summed E-state index contributed by atoms with van der Waals surface area (Å²) in [5.41, 5.74) is 0.678. The van der Waals surface area contributed by atoms with Crippen molar-refractivity contribution in [2.75, 3.05) is 6.54 Å². The van der Waals surface area contributed by atoms with Gasteiger partial charge in [-0.15, -0.1) is 0 Å². The molecule has 1 aliphatic heterocycles. The van der Waals surface area contributed by atoms with Crippen LogP contribution >= 0.6 is 11.6 Å². The summed E-state index contributed by atoms with van der Waals surface area (Å²) in [6, 6.07) is 2.96. The minimum atomic E-state index is -0.581. The van der Waals surface area contributed by atoms with Gasteiger partial charge in [0.1, 0.15) is 16.6 Å². The van der Waals surface area contributed by atoms with Gasteiger partial charge in [-0.3, -0.25) is 0 Å². The molecule has 1 fully saturated rings. The largest absolute Gasteiger partial charge is 0.506 e. The zero-order valence-corrected chi connectivity index (χ0v) is 7.61. The molecule has 1 heterocycles. The van der Waals surface area contributed by atoms with Crippen LogP contribution in [0.25, 0.3) is 0 Å². The first-order valence-electron chi connectivity index (χ1n) is 4.10. The fourth-order valence-electron chi connectivity index (χ4n) is 1.39. The standard InChI is InChI=1S/C9H9ClFNO/c10-8-6(11)2-1-5(9(8)13)7-3-4-12-7/h1-2,7,12-13H,3-4H2/t7-/m0/s1. The first-order valence-corrected chi connectivity index (χ1v) is 4.48. The van der Waals surface area contributed by atoms with E-state index in [0.717, 1.165) is 13.0 Å². The quantitative estimate of drug-likeness (QED) is 0.730. The summed E-state index contributed by atoms with van der Waals surface area (Å²) in [6.07, 6.45) is 0.954. The van der Waals surface area contributed by atoms with Crippen molar-refractivity contribution in [2.24, 2.45) is 0 Å². The van der Waals surface area contributed by atoms with E-state index in [2.05, 4.69) is 5.32 Å². The average Bonchev–Trinajstić information content (AvgIpc) is 2.03. The Morgan fingerprint density at radius 2 is 2.23 bits per heavy atom. The molecule has 0 saturated carbocycles. The number of hydrogen-bond acceptors (Lipinski definition) is 2. The van der Waals surface area contributed by atoms with E-state index in [-0.39, 0.29) is 16.8 Å². The number of phenols is 1. The van der Waals surface area contributed by atoms with Crippen LogP contribution in [0.2, 0.25) is 5.02 Å². The van der Waals surface area contributed by atoms with Crippen molar-refractivity contribution in [2.45, 2.75) is 12.5 Å². The topological polar surface area (TPSA) is 32.3 Å². The predicted octanol–water partition coefficient (Wildman–Crippen LogP) is 2.22. The summed E-state index contributed by atoms with van der Waals surface area (Å²) in [6.45, 7) is 0.930. The smallest absolute Gasteiger partial charge is 0.145 e. The second-order valence-electron chi connectivity index (χ2n) is 3.09. The maximum absolute atomic E-state index is 12.8. The molecule has 0 amide bonds. The fourth-order valence-corrected chi connectivity index (χ4v) is 1.56. The molecule has 0 unspecified atom stereocenters. The monoisotopic (exact) mass is 201 g/mol. The lowest BCUT2D eigenvalue weighted by atomic mass is 9.97. The second kappa shape index (κ2) is 3.16. The van der Waals surface area contributed by atoms with E-state index >= 15 is 0 Å². The molecule has 2 nitrogen and oxygen atoms in total. The Morgan fingerprint density at radius 3 is 2.77 bits per heavy atom. The highest BCUT2D eigenvalue weighted by Gasteiger charge is 2.23. The van der Waals surface area contributed by atoms with Crippen LogP contribution in [-0.2, 0) is 0 Å². The summed E-state index contributed by atoms with van der Waals surface area (Å²) in [5.74, 6) is -0.721. The number of benzene rings is 1. The van der Waals surface area contributed by atoms with Crippen LogP contribution in [-0.4, -0.2) is 11.7 Å². The first-order chi connectivity index (χ1) is 6.20. The zero-order chi connectivity index (χ0) is 9.42. The molecule has 4 heteroatoms. The number of hydrogen-bond donors (Lipinski definition) is 2. The molecule has 0 aromatic heterocycles. The first kappa shape index (κ1) is 8.78. The molecule has 2 rings (SSSR count). The zero-order valence-electron chi connectivity index (χ0n) is 6.85. The fraction of sp³-hybridized carbons (Fsp3) is 0.333. The summed E-state index contributed by atoms with van der Waals surface area (Å²) < 4.78 is 12.8. The summed E-state index contributed by atoms with van der Waals surface area (Å²) >= 11 is 5.56. The van der Waals surface area contributed by atoms with Crippen LogP contribution in [0.15, 0.2) is 12.1 Å². The van der Waals surface area contributed by atoms with Crippen molar-refractivity contribution in [3.05, 3.63) is 28.5 Å². The summed E-state index contributed by atoms with van der Waals surface area (Å²) in [5, 5.41) is 12.4. The van der Waals surface area contributed by atoms with Crippen LogP contribution in [0, 0.1) is 5.82 Å². The molecule has 13 heavy (non-hydrogen) atoms. The Bertz CT molecular complexity index is 339. The van der Waals surface area contributed by atoms with Gasteiger partial charge in [0.15, 0.2) is 0 Å². The van der Waals surface area contributed by atoms with Crippen molar-refractivity contribution >= 4 is 11.6 Å². The van der Waals surface area contributed by atoms with Gasteiger partial charge in [-0.05, 0) is 19.0 Å². The number of aromatic hydroxyl groups is 1. The van der Waals surface area contributed by atoms with Crippen LogP contribution < -0.4 is 5.32 Å². The predicted molar refractivity (Wildman–Crippen MR) is 48.4 cm³/mol. The van der Waals surface area contributed by atoms with Crippen molar-refractivity contribution in [1.29, 1.82) is 0 Å². The number of halogens is 2. The van der Waals surface area contributed by atoms with Crippen molar-refractivity contribution in [3.63, 3.8) is 0 Å². The molecule has 1 saturated heterocycles. The van der Waals surface area contributed by atoms with E-state index in [1.54, 1.807) is 6.07 Å². The van der Waals surface area contributed by atoms with E-state index in [9.17, 15) is 9.50 Å². The molecule has 0 bridgehead atoms. The third kappa shape index (κ3) is 1.38. The van der Waals surface area contributed by atoms with Gasteiger partial charge in [-0.1, -0.05) is 17.7 Å². The maximum Gasteiger partial charge on any atom is 0.145 e. The van der Waals surface area contributed by atoms with E-state index in [0.29, 0.717) is 5.56 Å². The normalized spacial score (nSPS) is 21.2. The molecule has 70 valence electrons. The lowest BCUT2D eigenvalue weighted by Gasteiger charge is -2.28. The Morgan fingerprint density at radius 1 is 1.54 bits per heavy atom. The van der Waals surface area contributed by atoms with Gasteiger partial charge >= 0.3 is 0 Å². The highest BCUT2D eigenvalue weighted by atomic mass is 35.5. The summed E-state index contributed by atoms with van der Waals surface area (Å²) in [4.78, 5) is 0. The van der Waals surface area contributed by atoms with E-state index in [1.807, 2.05) is 0 Å². The molecule has 2 N–H and O–H groups in total. The van der Waals surface area contributed by atoms with Crippen LogP contribution in [0.1, 0.15) is 18.0 Å². The van der Waals surface area contributed by atoms with Gasteiger partial charge in [-0.2, -0.15) is 0 Å². The van der Waals surface area contributed by atoms with Gasteiger partial charge in [0, 0.05) is 11.6 Å². The van der Waals surface area contributed by atoms with Gasteiger partial charge in [-0.25, -0.2) is 4.39 Å². The molecule has 0 aliphatic carbocycles. The number of phenolic OH excluding ortho intramolecular Hbond substituents is 1. The average molecular weight is 202 g/mol. The number of nitrogens with one attached hydrogen (secondary N) is 1. The van der Waals surface area contributed by atoms with Gasteiger partial charge in [0.25, 0.3) is 0 Å². The number of rotatable bonds is 1. The Labute approximate surface area is 80.3 Å². The van der Waals surface area contributed by atoms with Crippen molar-refractivity contribution in [3.8, 4) is 5.75 Å². The van der Waals surface area contributed by atoms with Gasteiger partial charge in [0.2, 0.25) is 0 Å². The maximum atomic E-state index is 12.8. The molecule has 1 aromatic rings. The highest BCUT2D eigenvalue weighted by Crippen LogP contribution is 2.36. The van der Waals surface area contributed by atoms with Crippen LogP contribution in [0.4, 0.5) is 4.39 Å². The Kier molecular flexibility index (Phi) is 2.14. The van der Waals surface area contributed by atoms with E-state index in [1.165, 1.54) is 6.07 Å². The van der Waals surface area contributed by atoms with E-state index < -0.39 is 5.82 Å². The highest BCUT2D eigenvalue weighted by molar-refractivity contribution is 6.32. The third-order valence-corrected chi connectivity index (χ3v) is 2.66. The van der Waals surface area contributed by atoms with Crippen LogP contribution in [0.3, 0.4) is 0 Å². The molecular formula is C9H9ClFNO. The van der Waals surface area contributed by atoms with Gasteiger partial charge in [0.05, 0.1) is 0 Å². The van der Waals surface area contributed by atoms with Crippen LogP contribution in [0.5, 0.6) is 5.75 Å². The van der Waals surface area contributed by atoms with E-state index in [4.69, 9.17) is 11.6 Å². The lowest BCUT2D eigenvalue weighted by Crippen LogP contribution is -2.34. The van der Waals surface area contributed by atoms with Crippen molar-refractivity contribution in [1.82, 2.24) is 5.32 Å². The Hall–Kier alpha value is -0.800. The molecule has 0 spiro atoms. The molecule has 1 atom stereocenters. The molecule has 1 aromatic carbocycles. The minimum Gasteiger partial charge on any atom is -0.506 e. The SMILES string of the molecule is Oc1c([C@@H]2CCN2)ccc(F)c1Cl.